The van der Waals surface area contributed by atoms with E-state index < -0.39 is 20.7 Å². The van der Waals surface area contributed by atoms with Crippen molar-refractivity contribution in [3.8, 4) is 0 Å². The largest absolute Gasteiger partial charge is 0.425 e. The smallest absolute Gasteiger partial charge is 0.399 e. The van der Waals surface area contributed by atoms with Gasteiger partial charge in [0, 0.05) is 5.69 Å². The van der Waals surface area contributed by atoms with Crippen molar-refractivity contribution in [2.45, 2.75) is 32.6 Å². The fourth-order valence-corrected chi connectivity index (χ4v) is 4.27. The third-order valence-electron chi connectivity index (χ3n) is 5.90. The van der Waals surface area contributed by atoms with Crippen molar-refractivity contribution in [3.05, 3.63) is 95.1 Å². The highest BCUT2D eigenvalue weighted by molar-refractivity contribution is 7.86. The van der Waals surface area contributed by atoms with Gasteiger partial charge >= 0.3 is 10.6 Å². The molecule has 0 spiro atoms. The van der Waals surface area contributed by atoms with Gasteiger partial charge in [-0.25, -0.2) is 0 Å². The summed E-state index contributed by atoms with van der Waals surface area (Å²) in [7, 11) is -7.52. The average Bonchev–Trinajstić information content (AvgIpc) is 2.92. The first-order valence-corrected chi connectivity index (χ1v) is 14.8. The molecule has 4 aromatic rings. The molecule has 222 valence electrons. The van der Waals surface area contributed by atoms with Gasteiger partial charge in [-0.05, 0) is 111 Å². The van der Waals surface area contributed by atoms with Gasteiger partial charge < -0.3 is 5.73 Å². The first-order chi connectivity index (χ1) is 20.2. The molecule has 0 aliphatic carbocycles. The number of nitrogens with two attached hydrogens (primary N) is 1. The van der Waals surface area contributed by atoms with Crippen molar-refractivity contribution in [1.29, 1.82) is 0 Å². The number of aryl methyl sites for hydroxylation is 4. The van der Waals surface area contributed by atoms with E-state index in [1.54, 1.807) is 24.3 Å². The quantitative estimate of drug-likeness (QED) is 0.118. The highest BCUT2D eigenvalue weighted by Gasteiger charge is 2.14. The maximum atomic E-state index is 11.6. The summed E-state index contributed by atoms with van der Waals surface area (Å²) in [5.41, 5.74) is 13.6. The molecule has 13 nitrogen and oxygen atoms in total. The van der Waals surface area contributed by atoms with Crippen LogP contribution < -0.4 is 5.73 Å². The number of anilines is 1. The van der Waals surface area contributed by atoms with Gasteiger partial charge in [-0.3, -0.25) is 4.55 Å². The lowest BCUT2D eigenvalue weighted by Crippen LogP contribution is -1.97. The van der Waals surface area contributed by atoms with E-state index in [1.807, 2.05) is 58.0 Å². The average molecular weight is 622 g/mol. The van der Waals surface area contributed by atoms with Crippen LogP contribution >= 0.6 is 0 Å². The predicted molar refractivity (Wildman–Crippen MR) is 161 cm³/mol. The Labute approximate surface area is 249 Å². The number of nitrogens with zero attached hydrogens (tertiary/aromatic N) is 6. The normalized spacial score (nSPS) is 11.7. The Morgan fingerprint density at radius 1 is 0.581 bits per heavy atom. The molecule has 0 amide bonds. The van der Waals surface area contributed by atoms with E-state index in [-0.39, 0.29) is 10.6 Å². The van der Waals surface area contributed by atoms with E-state index in [2.05, 4.69) is 30.7 Å². The highest BCUT2D eigenvalue weighted by Crippen LogP contribution is 2.32. The first kappa shape index (κ1) is 32.5. The Balaban J connectivity index is 0.00000119. The fourth-order valence-electron chi connectivity index (χ4n) is 3.65. The Morgan fingerprint density at radius 3 is 1.53 bits per heavy atom. The first-order valence-electron chi connectivity index (χ1n) is 12.4. The minimum absolute atomic E-state index is 0.0420. The third-order valence-corrected chi connectivity index (χ3v) is 6.80. The fraction of sp³-hybridized carbons (Fsp3) is 0.143. The Morgan fingerprint density at radius 2 is 1.02 bits per heavy atom. The monoisotopic (exact) mass is 621 g/mol. The molecule has 0 saturated heterocycles. The van der Waals surface area contributed by atoms with Gasteiger partial charge in [0.1, 0.15) is 10.6 Å². The van der Waals surface area contributed by atoms with Crippen molar-refractivity contribution in [2.75, 3.05) is 5.73 Å². The minimum Gasteiger partial charge on any atom is -0.399 e. The van der Waals surface area contributed by atoms with Gasteiger partial charge in [0.15, 0.2) is 0 Å². The molecule has 0 atom stereocenters. The minimum atomic E-state index is -4.41. The number of benzene rings is 4. The van der Waals surface area contributed by atoms with Gasteiger partial charge in [0.05, 0.1) is 28.4 Å². The Hall–Kier alpha value is -4.99. The van der Waals surface area contributed by atoms with Gasteiger partial charge in [0.2, 0.25) is 0 Å². The number of hydrogen-bond acceptors (Lipinski definition) is 12. The summed E-state index contributed by atoms with van der Waals surface area (Å²) in [6.45, 7) is 7.63. The second kappa shape index (κ2) is 14.3. The molecule has 0 bridgehead atoms. The summed E-state index contributed by atoms with van der Waals surface area (Å²) in [5.74, 6) is 0. The summed E-state index contributed by atoms with van der Waals surface area (Å²) < 4.78 is 57.8. The summed E-state index contributed by atoms with van der Waals surface area (Å²) in [6.07, 6.45) is 0. The number of azo groups is 3. The topological polar surface area (TPSA) is 206 Å². The maximum absolute atomic E-state index is 11.6. The lowest BCUT2D eigenvalue weighted by Gasteiger charge is -2.05. The molecule has 0 heterocycles. The Kier molecular flexibility index (Phi) is 10.8. The second-order valence-corrected chi connectivity index (χ2v) is 11.0. The van der Waals surface area contributed by atoms with Crippen LogP contribution in [-0.4, -0.2) is 25.6 Å². The number of hydrogen-bond donors (Lipinski definition) is 2. The molecule has 0 aliphatic rings. The molecule has 0 saturated carbocycles. The molecule has 43 heavy (non-hydrogen) atoms. The summed E-state index contributed by atoms with van der Waals surface area (Å²) >= 11 is 0. The molecule has 0 aromatic heterocycles. The van der Waals surface area contributed by atoms with Gasteiger partial charge in [-0.15, -0.1) is 17.7 Å². The van der Waals surface area contributed by atoms with E-state index in [0.717, 1.165) is 33.6 Å². The SMILES string of the molecule is Cc1cc(N=Nc2ccc(N=Nc3ccc(N=Nc4ccccc4S(=O)(=O)O)c(C)c3)c(C)c2)c(C)cc1N.O=S(=O)=O. The molecule has 0 fully saturated rings. The lowest BCUT2D eigenvalue weighted by atomic mass is 10.1. The van der Waals surface area contributed by atoms with Crippen molar-refractivity contribution in [2.24, 2.45) is 30.7 Å². The van der Waals surface area contributed by atoms with Crippen LogP contribution in [-0.2, 0) is 20.7 Å². The molecule has 0 unspecified atom stereocenters. The number of rotatable bonds is 7. The van der Waals surface area contributed by atoms with Crippen molar-refractivity contribution >= 4 is 60.5 Å². The van der Waals surface area contributed by atoms with Gasteiger partial charge in [0.25, 0.3) is 10.1 Å². The van der Waals surface area contributed by atoms with Crippen LogP contribution in [0.5, 0.6) is 0 Å². The Bertz CT molecular complexity index is 1970. The molecule has 4 aromatic carbocycles. The molecule has 0 aliphatic heterocycles. The van der Waals surface area contributed by atoms with Crippen molar-refractivity contribution < 1.29 is 25.6 Å². The van der Waals surface area contributed by atoms with Gasteiger partial charge in [-0.2, -0.15) is 34.0 Å². The van der Waals surface area contributed by atoms with Gasteiger partial charge in [-0.1, -0.05) is 12.1 Å². The zero-order valence-corrected chi connectivity index (χ0v) is 25.1. The molecular formula is C28H27N7O6S2. The van der Waals surface area contributed by atoms with E-state index >= 15 is 0 Å². The van der Waals surface area contributed by atoms with Crippen LogP contribution in [0.3, 0.4) is 0 Å². The predicted octanol–water partition coefficient (Wildman–Crippen LogP) is 7.99. The van der Waals surface area contributed by atoms with Crippen LogP contribution in [0.25, 0.3) is 0 Å². The number of nitrogen functional groups attached to an aromatic ring is 1. The van der Waals surface area contributed by atoms with Crippen LogP contribution in [0.2, 0.25) is 0 Å². The lowest BCUT2D eigenvalue weighted by molar-refractivity contribution is 0.483. The van der Waals surface area contributed by atoms with E-state index in [0.29, 0.717) is 22.7 Å². The second-order valence-electron chi connectivity index (χ2n) is 9.18. The zero-order chi connectivity index (χ0) is 31.7. The third kappa shape index (κ3) is 9.53. The van der Waals surface area contributed by atoms with Crippen LogP contribution in [0, 0.1) is 27.7 Å². The van der Waals surface area contributed by atoms with Crippen molar-refractivity contribution in [3.63, 3.8) is 0 Å². The van der Waals surface area contributed by atoms with Crippen LogP contribution in [0.1, 0.15) is 22.3 Å². The standard InChI is InChI=1S/C28H27N7O3S.O3S/c1-17-16-27(20(4)15-23(17)29)35-31-22-9-11-24(18(2)13-22)32-30-21-10-12-25(19(3)14-21)33-34-26-7-5-6-8-28(26)39(36,37)38;1-4(2)3/h5-16H,29H2,1-4H3,(H,36,37,38);. The van der Waals surface area contributed by atoms with E-state index in [9.17, 15) is 13.0 Å². The zero-order valence-electron chi connectivity index (χ0n) is 23.5. The van der Waals surface area contributed by atoms with Crippen LogP contribution in [0.15, 0.2) is 108 Å². The summed E-state index contributed by atoms with van der Waals surface area (Å²) in [5, 5.41) is 25.6. The summed E-state index contributed by atoms with van der Waals surface area (Å²) in [4.78, 5) is -0.310. The van der Waals surface area contributed by atoms with Crippen LogP contribution in [0.4, 0.5) is 39.8 Å². The molecule has 0 radical (unpaired) electrons. The highest BCUT2D eigenvalue weighted by atomic mass is 32.2. The molecule has 15 heteroatoms. The van der Waals surface area contributed by atoms with Crippen molar-refractivity contribution in [1.82, 2.24) is 0 Å². The van der Waals surface area contributed by atoms with E-state index in [1.165, 1.54) is 18.2 Å². The molecule has 4 rings (SSSR count). The van der Waals surface area contributed by atoms with E-state index in [4.69, 9.17) is 18.4 Å². The maximum Gasteiger partial charge on any atom is 0.425 e. The molecule has 3 N–H and O–H groups in total. The summed E-state index contributed by atoms with van der Waals surface area (Å²) in [6, 6.07) is 20.4. The molecular weight excluding hydrogens is 594 g/mol.